The number of hydrogen-bond donors (Lipinski definition) is 0. The molecule has 174 valence electrons. The second kappa shape index (κ2) is 9.66. The number of carbonyl (C=O) groups is 1. The summed E-state index contributed by atoms with van der Waals surface area (Å²) in [6.45, 7) is 3.91. The average Bonchev–Trinajstić information content (AvgIpc) is 2.77. The fourth-order valence-electron chi connectivity index (χ4n) is 3.13. The number of carbonyl (C=O) groups excluding carboxylic acids is 1. The first-order valence-corrected chi connectivity index (χ1v) is 11.4. The molecule has 0 atom stereocenters. The number of alkyl halides is 3. The predicted octanol–water partition coefficient (Wildman–Crippen LogP) is 5.52. The van der Waals surface area contributed by atoms with Gasteiger partial charge in [-0.15, -0.1) is 0 Å². The number of nitrogens with zero attached hydrogens (tertiary/aromatic N) is 1. The van der Waals surface area contributed by atoms with Crippen LogP contribution in [0, 0.1) is 0 Å². The Morgan fingerprint density at radius 3 is 2.24 bits per heavy atom. The van der Waals surface area contributed by atoms with Crippen LogP contribution in [-0.4, -0.2) is 25.3 Å². The number of amides is 1. The van der Waals surface area contributed by atoms with Crippen LogP contribution in [0.25, 0.3) is 0 Å². The summed E-state index contributed by atoms with van der Waals surface area (Å²) >= 11 is 0. The van der Waals surface area contributed by atoms with Gasteiger partial charge in [0.2, 0.25) is 0 Å². The van der Waals surface area contributed by atoms with Crippen molar-refractivity contribution in [2.45, 2.75) is 37.5 Å². The average molecular weight is 478 g/mol. The van der Waals surface area contributed by atoms with Crippen LogP contribution in [0.2, 0.25) is 0 Å². The van der Waals surface area contributed by atoms with Crippen LogP contribution in [0.1, 0.15) is 35.3 Å². The molecular formula is C24H22F3NO4S. The maximum Gasteiger partial charge on any atom is 0.416 e. The molecule has 33 heavy (non-hydrogen) atoms. The molecule has 0 saturated carbocycles. The summed E-state index contributed by atoms with van der Waals surface area (Å²) in [5, 5.41) is 0. The molecule has 0 aliphatic rings. The van der Waals surface area contributed by atoms with Crippen LogP contribution in [0.3, 0.4) is 0 Å². The summed E-state index contributed by atoms with van der Waals surface area (Å²) < 4.78 is 69.0. The van der Waals surface area contributed by atoms with E-state index >= 15 is 0 Å². The summed E-state index contributed by atoms with van der Waals surface area (Å²) in [6.07, 6.45) is -4.68. The summed E-state index contributed by atoms with van der Waals surface area (Å²) in [7, 11) is -4.50. The molecule has 5 nitrogen and oxygen atoms in total. The highest BCUT2D eigenvalue weighted by molar-refractivity contribution is 7.87. The highest BCUT2D eigenvalue weighted by Crippen LogP contribution is 2.31. The zero-order valence-electron chi connectivity index (χ0n) is 17.9. The molecule has 3 rings (SSSR count). The number of hydrogen-bond acceptors (Lipinski definition) is 4. The number of rotatable bonds is 7. The van der Waals surface area contributed by atoms with Crippen molar-refractivity contribution in [3.63, 3.8) is 0 Å². The van der Waals surface area contributed by atoms with Crippen LogP contribution < -0.4 is 4.18 Å². The second-order valence-corrected chi connectivity index (χ2v) is 9.15. The minimum Gasteiger partial charge on any atom is -0.379 e. The van der Waals surface area contributed by atoms with Crippen molar-refractivity contribution >= 4 is 16.0 Å². The lowest BCUT2D eigenvalue weighted by atomic mass is 10.1. The Morgan fingerprint density at radius 1 is 0.939 bits per heavy atom. The first-order valence-electron chi connectivity index (χ1n) is 10.0. The van der Waals surface area contributed by atoms with Gasteiger partial charge in [0.15, 0.2) is 0 Å². The molecule has 0 aromatic heterocycles. The maximum absolute atomic E-state index is 12.9. The molecule has 0 spiro atoms. The minimum absolute atomic E-state index is 0.0687. The Labute approximate surface area is 190 Å². The Hall–Kier alpha value is -3.33. The van der Waals surface area contributed by atoms with Gasteiger partial charge in [-0.2, -0.15) is 21.6 Å². The van der Waals surface area contributed by atoms with E-state index in [0.717, 1.165) is 18.2 Å². The number of benzene rings is 3. The fraction of sp³-hybridized carbons (Fsp3) is 0.208. The second-order valence-electron chi connectivity index (χ2n) is 7.60. The van der Waals surface area contributed by atoms with Gasteiger partial charge < -0.3 is 9.08 Å². The van der Waals surface area contributed by atoms with E-state index in [1.807, 2.05) is 19.9 Å². The molecule has 0 aliphatic carbocycles. The van der Waals surface area contributed by atoms with E-state index in [-0.39, 0.29) is 24.2 Å². The Bertz CT molecular complexity index is 1230. The van der Waals surface area contributed by atoms with Gasteiger partial charge in [-0.25, -0.2) is 0 Å². The third-order valence-electron chi connectivity index (χ3n) is 4.81. The quantitative estimate of drug-likeness (QED) is 0.420. The largest absolute Gasteiger partial charge is 0.416 e. The molecule has 3 aromatic rings. The summed E-state index contributed by atoms with van der Waals surface area (Å²) in [6, 6.07) is 18.0. The highest BCUT2D eigenvalue weighted by Gasteiger charge is 2.32. The van der Waals surface area contributed by atoms with Crippen molar-refractivity contribution in [3.05, 3.63) is 95.6 Å². The van der Waals surface area contributed by atoms with Crippen LogP contribution >= 0.6 is 0 Å². The van der Waals surface area contributed by atoms with E-state index in [4.69, 9.17) is 4.18 Å². The van der Waals surface area contributed by atoms with E-state index in [0.29, 0.717) is 17.2 Å². The molecule has 0 unspecified atom stereocenters. The van der Waals surface area contributed by atoms with Gasteiger partial charge in [-0.1, -0.05) is 36.4 Å². The topological polar surface area (TPSA) is 63.7 Å². The molecule has 0 aliphatic heterocycles. The van der Waals surface area contributed by atoms with Crippen LogP contribution in [-0.2, 0) is 22.8 Å². The van der Waals surface area contributed by atoms with E-state index < -0.39 is 26.8 Å². The van der Waals surface area contributed by atoms with Gasteiger partial charge in [0, 0.05) is 18.2 Å². The lowest BCUT2D eigenvalue weighted by molar-refractivity contribution is -0.137. The van der Waals surface area contributed by atoms with Crippen molar-refractivity contribution in [1.29, 1.82) is 0 Å². The van der Waals surface area contributed by atoms with Gasteiger partial charge in [-0.3, -0.25) is 4.79 Å². The Kier molecular flexibility index (Phi) is 7.12. The summed E-state index contributed by atoms with van der Waals surface area (Å²) in [5.74, 6) is -0.255. The molecule has 3 aromatic carbocycles. The molecule has 9 heteroatoms. The lowest BCUT2D eigenvalue weighted by Crippen LogP contribution is -2.36. The lowest BCUT2D eigenvalue weighted by Gasteiger charge is -2.27. The standard InChI is InChI=1S/C24H22F3NO4S/c1-17(2)28(23(29)19-9-4-3-5-10-19)16-18-8-6-12-21(14-18)32-33(30,31)22-13-7-11-20(15-22)24(25,26)27/h3-15,17H,16H2,1-2H3. The van der Waals surface area contributed by atoms with Crippen LogP contribution in [0.15, 0.2) is 83.8 Å². The van der Waals surface area contributed by atoms with Crippen molar-refractivity contribution < 1.29 is 30.6 Å². The SMILES string of the molecule is CC(C)N(Cc1cccc(OS(=O)(=O)c2cccc(C(F)(F)F)c2)c1)C(=O)c1ccccc1. The molecule has 0 N–H and O–H groups in total. The Morgan fingerprint density at radius 2 is 1.61 bits per heavy atom. The van der Waals surface area contributed by atoms with Gasteiger partial charge in [0.25, 0.3) is 5.91 Å². The molecule has 0 saturated heterocycles. The van der Waals surface area contributed by atoms with Crippen molar-refractivity contribution in [2.24, 2.45) is 0 Å². The zero-order chi connectivity index (χ0) is 24.2. The maximum atomic E-state index is 12.9. The monoisotopic (exact) mass is 477 g/mol. The predicted molar refractivity (Wildman–Crippen MR) is 117 cm³/mol. The molecule has 0 fully saturated rings. The van der Waals surface area contributed by atoms with Gasteiger partial charge in [-0.05, 0) is 61.9 Å². The normalized spacial score (nSPS) is 11.9. The summed E-state index contributed by atoms with van der Waals surface area (Å²) in [5.41, 5.74) is 0.0309. The Balaban J connectivity index is 1.82. The van der Waals surface area contributed by atoms with E-state index in [1.165, 1.54) is 12.1 Å². The molecule has 1 amide bonds. The van der Waals surface area contributed by atoms with Crippen molar-refractivity contribution in [2.75, 3.05) is 0 Å². The fourth-order valence-corrected chi connectivity index (χ4v) is 4.10. The summed E-state index contributed by atoms with van der Waals surface area (Å²) in [4.78, 5) is 13.9. The molecule has 0 heterocycles. The first-order chi connectivity index (χ1) is 15.5. The van der Waals surface area contributed by atoms with E-state index in [1.54, 1.807) is 41.3 Å². The van der Waals surface area contributed by atoms with Gasteiger partial charge >= 0.3 is 16.3 Å². The van der Waals surface area contributed by atoms with Crippen molar-refractivity contribution in [1.82, 2.24) is 4.90 Å². The molecule has 0 bridgehead atoms. The van der Waals surface area contributed by atoms with Gasteiger partial charge in [0.1, 0.15) is 10.6 Å². The van der Waals surface area contributed by atoms with E-state index in [9.17, 15) is 26.4 Å². The first kappa shape index (κ1) is 24.3. The van der Waals surface area contributed by atoms with Gasteiger partial charge in [0.05, 0.1) is 5.56 Å². The zero-order valence-corrected chi connectivity index (χ0v) is 18.7. The third kappa shape index (κ3) is 6.13. The van der Waals surface area contributed by atoms with Crippen molar-refractivity contribution in [3.8, 4) is 5.75 Å². The minimum atomic E-state index is -4.68. The number of halogens is 3. The van der Waals surface area contributed by atoms with E-state index in [2.05, 4.69) is 0 Å². The molecular weight excluding hydrogens is 455 g/mol. The van der Waals surface area contributed by atoms with Crippen LogP contribution in [0.4, 0.5) is 13.2 Å². The van der Waals surface area contributed by atoms with Crippen LogP contribution in [0.5, 0.6) is 5.75 Å². The highest BCUT2D eigenvalue weighted by atomic mass is 32.2. The molecule has 0 radical (unpaired) electrons. The smallest absolute Gasteiger partial charge is 0.379 e. The third-order valence-corrected chi connectivity index (χ3v) is 6.06.